The van der Waals surface area contributed by atoms with Crippen molar-refractivity contribution in [1.82, 2.24) is 5.32 Å². The lowest BCUT2D eigenvalue weighted by atomic mass is 9.80. The highest BCUT2D eigenvalue weighted by molar-refractivity contribution is 8.18. The molecule has 0 radical (unpaired) electrons. The Morgan fingerprint density at radius 2 is 2.08 bits per heavy atom. The van der Waals surface area contributed by atoms with E-state index in [2.05, 4.69) is 37.1 Å². The van der Waals surface area contributed by atoms with Crippen molar-refractivity contribution in [2.75, 3.05) is 4.90 Å². The number of benzene rings is 1. The summed E-state index contributed by atoms with van der Waals surface area (Å²) in [5.74, 6) is -0.624. The summed E-state index contributed by atoms with van der Waals surface area (Å²) in [6.45, 7) is 7.63. The molecule has 0 aromatic heterocycles. The summed E-state index contributed by atoms with van der Waals surface area (Å²) in [5, 5.41) is 2.75. The second-order valence-electron chi connectivity index (χ2n) is 7.51. The number of amides is 3. The first-order valence-corrected chi connectivity index (χ1v) is 9.33. The Kier molecular flexibility index (Phi) is 3.63. The monoisotopic (exact) mass is 369 g/mol. The average Bonchev–Trinajstić information content (AvgIpc) is 3.01. The van der Waals surface area contributed by atoms with E-state index in [0.29, 0.717) is 11.5 Å². The molecule has 0 saturated carbocycles. The normalized spacial score (nSPS) is 26.1. The highest BCUT2D eigenvalue weighted by Gasteiger charge is 2.49. The number of hydrogen-bond donors (Lipinski definition) is 1. The number of nitrogens with zero attached hydrogens (tertiary/aromatic N) is 2. The Balaban J connectivity index is 1.89. The summed E-state index contributed by atoms with van der Waals surface area (Å²) in [7, 11) is 0. The van der Waals surface area contributed by atoms with Gasteiger partial charge < -0.3 is 10.2 Å². The minimum atomic E-state index is -0.481. The van der Waals surface area contributed by atoms with E-state index in [0.717, 1.165) is 35.0 Å². The molecule has 134 valence electrons. The maximum Gasteiger partial charge on any atom is 0.287 e. The van der Waals surface area contributed by atoms with E-state index < -0.39 is 5.91 Å². The van der Waals surface area contributed by atoms with Gasteiger partial charge in [-0.15, -0.1) is 0 Å². The SMILES string of the molecule is CC(=O)NC1=NC(=O)/C(=C2\C(=O)N3c4c2cccc4C(C)CC3(C)C)S1. The maximum atomic E-state index is 13.3. The van der Waals surface area contributed by atoms with Crippen LogP contribution in [0.3, 0.4) is 0 Å². The predicted molar refractivity (Wildman–Crippen MR) is 102 cm³/mol. The highest BCUT2D eigenvalue weighted by Crippen LogP contribution is 2.53. The number of carbonyl (C=O) groups excluding carboxylic acids is 3. The van der Waals surface area contributed by atoms with Crippen molar-refractivity contribution in [3.63, 3.8) is 0 Å². The highest BCUT2D eigenvalue weighted by atomic mass is 32.2. The number of amidine groups is 1. The summed E-state index contributed by atoms with van der Waals surface area (Å²) >= 11 is 1.05. The summed E-state index contributed by atoms with van der Waals surface area (Å²) in [6, 6.07) is 5.87. The van der Waals surface area contributed by atoms with Crippen molar-refractivity contribution in [3.8, 4) is 0 Å². The Bertz CT molecular complexity index is 945. The molecule has 3 aliphatic heterocycles. The minimum absolute atomic E-state index is 0.167. The van der Waals surface area contributed by atoms with Gasteiger partial charge in [0.15, 0.2) is 5.17 Å². The number of rotatable bonds is 0. The average molecular weight is 369 g/mol. The molecule has 0 bridgehead atoms. The number of carbonyl (C=O) groups is 3. The molecule has 4 rings (SSSR count). The molecule has 1 aromatic carbocycles. The van der Waals surface area contributed by atoms with Gasteiger partial charge in [-0.3, -0.25) is 14.4 Å². The number of hydrogen-bond acceptors (Lipinski definition) is 4. The minimum Gasteiger partial charge on any atom is -0.305 e. The van der Waals surface area contributed by atoms with E-state index in [1.165, 1.54) is 6.92 Å². The second-order valence-corrected chi connectivity index (χ2v) is 8.51. The Labute approximate surface area is 155 Å². The Morgan fingerprint density at radius 1 is 1.35 bits per heavy atom. The van der Waals surface area contributed by atoms with Crippen molar-refractivity contribution in [3.05, 3.63) is 34.2 Å². The quantitative estimate of drug-likeness (QED) is 0.713. The second kappa shape index (κ2) is 5.54. The van der Waals surface area contributed by atoms with Crippen LogP contribution in [0.5, 0.6) is 0 Å². The van der Waals surface area contributed by atoms with Crippen LogP contribution in [0.2, 0.25) is 0 Å². The number of para-hydroxylation sites is 1. The van der Waals surface area contributed by atoms with Crippen LogP contribution in [0.4, 0.5) is 5.69 Å². The number of nitrogens with one attached hydrogen (secondary N) is 1. The first-order valence-electron chi connectivity index (χ1n) is 8.51. The van der Waals surface area contributed by atoms with E-state index in [1.807, 2.05) is 17.0 Å². The van der Waals surface area contributed by atoms with Gasteiger partial charge in [-0.25, -0.2) is 0 Å². The zero-order valence-corrected chi connectivity index (χ0v) is 15.9. The van der Waals surface area contributed by atoms with Gasteiger partial charge in [-0.05, 0) is 43.5 Å². The van der Waals surface area contributed by atoms with E-state index >= 15 is 0 Å². The molecule has 0 saturated heterocycles. The molecule has 3 amide bonds. The predicted octanol–water partition coefficient (Wildman–Crippen LogP) is 2.80. The number of thioether (sulfide) groups is 1. The largest absolute Gasteiger partial charge is 0.305 e. The first-order chi connectivity index (χ1) is 12.2. The smallest absolute Gasteiger partial charge is 0.287 e. The van der Waals surface area contributed by atoms with Gasteiger partial charge in [0.25, 0.3) is 11.8 Å². The Morgan fingerprint density at radius 3 is 2.77 bits per heavy atom. The third kappa shape index (κ3) is 2.34. The van der Waals surface area contributed by atoms with Crippen LogP contribution in [-0.2, 0) is 14.4 Å². The zero-order chi connectivity index (χ0) is 18.8. The fraction of sp³-hybridized carbons (Fsp3) is 0.368. The summed E-state index contributed by atoms with van der Waals surface area (Å²) in [6.07, 6.45) is 0.854. The van der Waals surface area contributed by atoms with Crippen LogP contribution in [-0.4, -0.2) is 28.4 Å². The fourth-order valence-corrected chi connectivity index (χ4v) is 5.10. The van der Waals surface area contributed by atoms with Gasteiger partial charge in [0, 0.05) is 18.0 Å². The van der Waals surface area contributed by atoms with Gasteiger partial charge >= 0.3 is 0 Å². The molecule has 1 unspecified atom stereocenters. The molecule has 0 spiro atoms. The topological polar surface area (TPSA) is 78.8 Å². The third-order valence-electron chi connectivity index (χ3n) is 5.03. The van der Waals surface area contributed by atoms with Crippen molar-refractivity contribution < 1.29 is 14.4 Å². The Hall–Kier alpha value is -2.41. The van der Waals surface area contributed by atoms with Gasteiger partial charge in [0.05, 0.1) is 16.2 Å². The number of aliphatic imine (C=N–C) groups is 1. The van der Waals surface area contributed by atoms with E-state index in [9.17, 15) is 14.4 Å². The molecule has 0 aliphatic carbocycles. The van der Waals surface area contributed by atoms with Crippen molar-refractivity contribution >= 4 is 45.9 Å². The summed E-state index contributed by atoms with van der Waals surface area (Å²) in [5.41, 5.74) is 2.87. The van der Waals surface area contributed by atoms with E-state index in [1.54, 1.807) is 0 Å². The molecule has 1 atom stereocenters. The molecular weight excluding hydrogens is 350 g/mol. The van der Waals surface area contributed by atoms with Crippen LogP contribution >= 0.6 is 11.8 Å². The van der Waals surface area contributed by atoms with Gasteiger partial charge in [0.1, 0.15) is 0 Å². The number of anilines is 1. The molecule has 6 nitrogen and oxygen atoms in total. The standard InChI is InChI=1S/C19H19N3O3S/c1-9-8-19(3,4)22-14-11(9)6-5-7-12(14)13(17(22)25)15-16(24)21-18(26-15)20-10(2)23/h5-7,9H,8H2,1-4H3,(H,20,21,23,24)/b15-13+. The molecule has 1 aromatic rings. The molecule has 26 heavy (non-hydrogen) atoms. The van der Waals surface area contributed by atoms with E-state index in [-0.39, 0.29) is 27.4 Å². The van der Waals surface area contributed by atoms with Crippen molar-refractivity contribution in [2.45, 2.75) is 45.6 Å². The fourth-order valence-electron chi connectivity index (χ4n) is 4.15. The molecule has 7 heteroatoms. The lowest BCUT2D eigenvalue weighted by Gasteiger charge is -2.43. The molecular formula is C19H19N3O3S. The van der Waals surface area contributed by atoms with Crippen molar-refractivity contribution in [2.24, 2.45) is 4.99 Å². The van der Waals surface area contributed by atoms with Crippen molar-refractivity contribution in [1.29, 1.82) is 0 Å². The van der Waals surface area contributed by atoms with Crippen LogP contribution in [0.25, 0.3) is 5.57 Å². The summed E-state index contributed by atoms with van der Waals surface area (Å²) in [4.78, 5) is 43.0. The van der Waals surface area contributed by atoms with Crippen LogP contribution in [0.15, 0.2) is 28.1 Å². The van der Waals surface area contributed by atoms with Gasteiger partial charge in [-0.2, -0.15) is 4.99 Å². The van der Waals surface area contributed by atoms with Crippen LogP contribution in [0, 0.1) is 0 Å². The lowest BCUT2D eigenvalue weighted by Crippen LogP contribution is -2.49. The maximum absolute atomic E-state index is 13.3. The third-order valence-corrected chi connectivity index (χ3v) is 5.99. The summed E-state index contributed by atoms with van der Waals surface area (Å²) < 4.78 is 0. The molecule has 3 aliphatic rings. The zero-order valence-electron chi connectivity index (χ0n) is 15.0. The first kappa shape index (κ1) is 17.0. The van der Waals surface area contributed by atoms with Crippen LogP contribution in [0.1, 0.15) is 51.2 Å². The van der Waals surface area contributed by atoms with Gasteiger partial charge in [0.2, 0.25) is 5.91 Å². The molecule has 1 N–H and O–H groups in total. The van der Waals surface area contributed by atoms with Crippen LogP contribution < -0.4 is 10.2 Å². The molecule has 0 fully saturated rings. The van der Waals surface area contributed by atoms with Gasteiger partial charge in [-0.1, -0.05) is 25.1 Å². The lowest BCUT2D eigenvalue weighted by molar-refractivity contribution is -0.117. The van der Waals surface area contributed by atoms with E-state index in [4.69, 9.17) is 0 Å². The molecule has 3 heterocycles.